The number of fused-ring (bicyclic) bond motifs is 1. The van der Waals surface area contributed by atoms with Crippen LogP contribution in [0.1, 0.15) is 65.3 Å². The quantitative estimate of drug-likeness (QED) is 0.127. The minimum atomic E-state index is -0.137. The summed E-state index contributed by atoms with van der Waals surface area (Å²) in [4.78, 5) is 0. The molecule has 4 heteroatoms. The maximum atomic E-state index is 6.18. The van der Waals surface area contributed by atoms with Crippen LogP contribution in [-0.2, 0) is 22.5 Å². The van der Waals surface area contributed by atoms with Gasteiger partial charge in [-0.3, -0.25) is 0 Å². The van der Waals surface area contributed by atoms with Crippen molar-refractivity contribution < 1.29 is 18.9 Å². The zero-order valence-electron chi connectivity index (χ0n) is 23.6. The van der Waals surface area contributed by atoms with Gasteiger partial charge in [0.1, 0.15) is 18.1 Å². The average Bonchev–Trinajstić information content (AvgIpc) is 3.02. The zero-order chi connectivity index (χ0) is 27.6. The number of benzene rings is 4. The first kappa shape index (κ1) is 27.9. The Morgan fingerprint density at radius 3 is 2.12 bits per heavy atom. The molecule has 0 spiro atoms. The van der Waals surface area contributed by atoms with Crippen LogP contribution in [-0.4, -0.2) is 27.1 Å². The fraction of sp³-hybridized carbons (Fsp3) is 0.333. The molecule has 4 aromatic rings. The Bertz CT molecular complexity index is 1300. The van der Waals surface area contributed by atoms with Crippen molar-refractivity contribution >= 4 is 0 Å². The van der Waals surface area contributed by atoms with Crippen molar-refractivity contribution in [3.05, 3.63) is 131 Å². The van der Waals surface area contributed by atoms with Gasteiger partial charge in [-0.25, -0.2) is 0 Å². The van der Waals surface area contributed by atoms with Crippen LogP contribution in [0.2, 0.25) is 0 Å². The summed E-state index contributed by atoms with van der Waals surface area (Å²) in [6.45, 7) is 1.26. The summed E-state index contributed by atoms with van der Waals surface area (Å²) in [7, 11) is 3.36. The predicted octanol–water partition coefficient (Wildman–Crippen LogP) is 8.30. The van der Waals surface area contributed by atoms with Gasteiger partial charge < -0.3 is 18.9 Å². The van der Waals surface area contributed by atoms with E-state index < -0.39 is 0 Å². The van der Waals surface area contributed by atoms with E-state index in [1.807, 2.05) is 6.07 Å². The van der Waals surface area contributed by atoms with Gasteiger partial charge in [0.25, 0.3) is 0 Å². The topological polar surface area (TPSA) is 36.9 Å². The summed E-state index contributed by atoms with van der Waals surface area (Å²) >= 11 is 0. The van der Waals surface area contributed by atoms with Gasteiger partial charge in [-0.15, -0.1) is 0 Å². The van der Waals surface area contributed by atoms with Crippen molar-refractivity contribution in [3.63, 3.8) is 0 Å². The lowest BCUT2D eigenvalue weighted by Crippen LogP contribution is -2.20. The average molecular weight is 537 g/mol. The Morgan fingerprint density at radius 2 is 1.40 bits per heavy atom. The first-order valence-corrected chi connectivity index (χ1v) is 14.4. The SMILES string of the molecule is COC(CCCCOc1ccc(C2c3ccc(OCc4ccccc4)cc3CCC2c2ccccc2)cc1)OC. The minimum absolute atomic E-state index is 0.137. The van der Waals surface area contributed by atoms with Crippen molar-refractivity contribution in [2.45, 2.75) is 56.8 Å². The lowest BCUT2D eigenvalue weighted by atomic mass is 9.69. The highest BCUT2D eigenvalue weighted by Gasteiger charge is 2.32. The molecular weight excluding hydrogens is 496 g/mol. The van der Waals surface area contributed by atoms with Gasteiger partial charge in [-0.1, -0.05) is 78.9 Å². The fourth-order valence-electron chi connectivity index (χ4n) is 5.80. The van der Waals surface area contributed by atoms with Crippen LogP contribution in [0, 0.1) is 0 Å². The molecule has 1 aliphatic rings. The van der Waals surface area contributed by atoms with Crippen molar-refractivity contribution in [2.24, 2.45) is 0 Å². The molecule has 0 heterocycles. The summed E-state index contributed by atoms with van der Waals surface area (Å²) in [6, 6.07) is 36.7. The molecule has 0 saturated carbocycles. The molecular formula is C36H40O4. The zero-order valence-corrected chi connectivity index (χ0v) is 23.6. The van der Waals surface area contributed by atoms with E-state index in [0.717, 1.165) is 43.6 Å². The molecule has 0 fully saturated rings. The maximum absolute atomic E-state index is 6.18. The van der Waals surface area contributed by atoms with E-state index in [0.29, 0.717) is 19.1 Å². The molecule has 0 bridgehead atoms. The van der Waals surface area contributed by atoms with Crippen LogP contribution >= 0.6 is 0 Å². The summed E-state index contributed by atoms with van der Waals surface area (Å²) in [6.07, 6.45) is 4.84. The highest BCUT2D eigenvalue weighted by molar-refractivity contribution is 5.48. The number of rotatable bonds is 13. The summed E-state index contributed by atoms with van der Waals surface area (Å²) in [5.41, 5.74) is 6.68. The molecule has 4 aromatic carbocycles. The fourth-order valence-corrected chi connectivity index (χ4v) is 5.80. The van der Waals surface area contributed by atoms with E-state index in [1.54, 1.807) is 14.2 Å². The number of hydrogen-bond acceptors (Lipinski definition) is 4. The van der Waals surface area contributed by atoms with Gasteiger partial charge in [0.2, 0.25) is 0 Å². The largest absolute Gasteiger partial charge is 0.494 e. The van der Waals surface area contributed by atoms with Crippen molar-refractivity contribution in [2.75, 3.05) is 20.8 Å². The standard InChI is InChI=1S/C36H40O4/c1-37-35(38-2)15-9-10-24-39-31-19-16-29(17-20-31)36-33(28-13-7-4-8-14-28)22-18-30-25-32(21-23-34(30)36)40-26-27-11-5-3-6-12-27/h3-8,11-14,16-17,19-21,23,25,33,35-36H,9-10,15,18,22,24,26H2,1-2H3. The second kappa shape index (κ2) is 14.2. The van der Waals surface area contributed by atoms with E-state index in [-0.39, 0.29) is 12.2 Å². The van der Waals surface area contributed by atoms with Crippen molar-refractivity contribution in [1.82, 2.24) is 0 Å². The van der Waals surface area contributed by atoms with Crippen LogP contribution in [0.4, 0.5) is 0 Å². The van der Waals surface area contributed by atoms with Crippen molar-refractivity contribution in [3.8, 4) is 11.5 Å². The van der Waals surface area contributed by atoms with Gasteiger partial charge in [-0.05, 0) is 90.1 Å². The Labute approximate surface area is 238 Å². The van der Waals surface area contributed by atoms with E-state index in [2.05, 4.69) is 97.1 Å². The lowest BCUT2D eigenvalue weighted by molar-refractivity contribution is -0.107. The van der Waals surface area contributed by atoms with Crippen molar-refractivity contribution in [1.29, 1.82) is 0 Å². The molecule has 4 nitrogen and oxygen atoms in total. The maximum Gasteiger partial charge on any atom is 0.156 e. The third kappa shape index (κ3) is 7.12. The Morgan fingerprint density at radius 1 is 0.700 bits per heavy atom. The molecule has 2 unspecified atom stereocenters. The summed E-state index contributed by atoms with van der Waals surface area (Å²) in [5, 5.41) is 0. The predicted molar refractivity (Wildman–Crippen MR) is 160 cm³/mol. The smallest absolute Gasteiger partial charge is 0.156 e. The highest BCUT2D eigenvalue weighted by Crippen LogP contribution is 2.47. The van der Waals surface area contributed by atoms with Crippen LogP contribution in [0.25, 0.3) is 0 Å². The molecule has 40 heavy (non-hydrogen) atoms. The van der Waals surface area contributed by atoms with E-state index in [9.17, 15) is 0 Å². The van der Waals surface area contributed by atoms with Gasteiger partial charge in [0, 0.05) is 20.1 Å². The van der Waals surface area contributed by atoms with Crippen LogP contribution in [0.3, 0.4) is 0 Å². The molecule has 1 aliphatic carbocycles. The van der Waals surface area contributed by atoms with E-state index in [4.69, 9.17) is 18.9 Å². The normalized spacial score (nSPS) is 16.5. The molecule has 0 saturated heterocycles. The lowest BCUT2D eigenvalue weighted by Gasteiger charge is -2.35. The van der Waals surface area contributed by atoms with E-state index >= 15 is 0 Å². The van der Waals surface area contributed by atoms with Crippen LogP contribution in [0.5, 0.6) is 11.5 Å². The van der Waals surface area contributed by atoms with Gasteiger partial charge >= 0.3 is 0 Å². The number of hydrogen-bond donors (Lipinski definition) is 0. The number of unbranched alkanes of at least 4 members (excludes halogenated alkanes) is 1. The van der Waals surface area contributed by atoms with E-state index in [1.165, 1.54) is 27.8 Å². The van der Waals surface area contributed by atoms with Gasteiger partial charge in [-0.2, -0.15) is 0 Å². The number of aryl methyl sites for hydroxylation is 1. The molecule has 2 atom stereocenters. The molecule has 0 N–H and O–H groups in total. The molecule has 208 valence electrons. The minimum Gasteiger partial charge on any atom is -0.494 e. The Balaban J connectivity index is 1.30. The third-order valence-electron chi connectivity index (χ3n) is 7.92. The second-order valence-electron chi connectivity index (χ2n) is 10.5. The van der Waals surface area contributed by atoms with Gasteiger partial charge in [0.15, 0.2) is 6.29 Å². The van der Waals surface area contributed by atoms with Crippen LogP contribution in [0.15, 0.2) is 103 Å². The Hall–Kier alpha value is -3.60. The molecule has 0 aromatic heterocycles. The summed E-state index contributed by atoms with van der Waals surface area (Å²) < 4.78 is 22.8. The third-order valence-corrected chi connectivity index (χ3v) is 7.92. The molecule has 0 aliphatic heterocycles. The highest BCUT2D eigenvalue weighted by atomic mass is 16.7. The summed E-state index contributed by atoms with van der Waals surface area (Å²) in [5.74, 6) is 2.55. The Kier molecular flexibility index (Phi) is 9.89. The second-order valence-corrected chi connectivity index (χ2v) is 10.5. The van der Waals surface area contributed by atoms with Gasteiger partial charge in [0.05, 0.1) is 6.61 Å². The van der Waals surface area contributed by atoms with Crippen LogP contribution < -0.4 is 9.47 Å². The number of ether oxygens (including phenoxy) is 4. The number of methoxy groups -OCH3 is 2. The monoisotopic (exact) mass is 536 g/mol. The molecule has 0 radical (unpaired) electrons. The first-order chi connectivity index (χ1) is 19.7. The first-order valence-electron chi connectivity index (χ1n) is 14.4. The molecule has 0 amide bonds. The molecule has 5 rings (SSSR count).